The Morgan fingerprint density at radius 2 is 2.00 bits per heavy atom. The predicted molar refractivity (Wildman–Crippen MR) is 86.2 cm³/mol. The van der Waals surface area contributed by atoms with Crippen molar-refractivity contribution < 1.29 is 4.74 Å². The summed E-state index contributed by atoms with van der Waals surface area (Å²) in [5, 5.41) is 3.87. The number of rotatable bonds is 3. The molecule has 1 N–H and O–H groups in total. The standard InChI is InChI=1S/C17H24BrNO/c1-12(13-5-3-2-4-6-13)19-16-9-10-20-17-8-7-14(18)11-15(16)17/h7-8,11-13,16,19H,2-6,9-10H2,1H3/t12-,16?/m0/s1. The first-order chi connectivity index (χ1) is 9.74. The fraction of sp³-hybridized carbons (Fsp3) is 0.647. The number of benzene rings is 1. The average Bonchev–Trinajstić information content (AvgIpc) is 2.49. The van der Waals surface area contributed by atoms with Gasteiger partial charge in [0.1, 0.15) is 5.75 Å². The summed E-state index contributed by atoms with van der Waals surface area (Å²) < 4.78 is 6.91. The minimum atomic E-state index is 0.438. The highest BCUT2D eigenvalue weighted by Crippen LogP contribution is 2.35. The van der Waals surface area contributed by atoms with E-state index in [4.69, 9.17) is 4.74 Å². The Morgan fingerprint density at radius 1 is 1.20 bits per heavy atom. The second-order valence-corrected chi connectivity index (χ2v) is 7.14. The highest BCUT2D eigenvalue weighted by molar-refractivity contribution is 9.10. The van der Waals surface area contributed by atoms with Gasteiger partial charge in [-0.2, -0.15) is 0 Å². The summed E-state index contributed by atoms with van der Waals surface area (Å²) in [5.41, 5.74) is 1.31. The van der Waals surface area contributed by atoms with Crippen LogP contribution in [0.3, 0.4) is 0 Å². The third kappa shape index (κ3) is 3.20. The van der Waals surface area contributed by atoms with Gasteiger partial charge in [0.25, 0.3) is 0 Å². The maximum Gasteiger partial charge on any atom is 0.124 e. The summed E-state index contributed by atoms with van der Waals surface area (Å²) in [4.78, 5) is 0. The van der Waals surface area contributed by atoms with E-state index in [0.29, 0.717) is 12.1 Å². The number of fused-ring (bicyclic) bond motifs is 1. The monoisotopic (exact) mass is 337 g/mol. The maximum absolute atomic E-state index is 5.77. The van der Waals surface area contributed by atoms with Crippen LogP contribution in [0.15, 0.2) is 22.7 Å². The van der Waals surface area contributed by atoms with E-state index in [0.717, 1.165) is 29.2 Å². The van der Waals surface area contributed by atoms with E-state index in [1.165, 1.54) is 37.7 Å². The van der Waals surface area contributed by atoms with Crippen molar-refractivity contribution in [1.82, 2.24) is 5.32 Å². The van der Waals surface area contributed by atoms with Crippen LogP contribution < -0.4 is 10.1 Å². The summed E-state index contributed by atoms with van der Waals surface area (Å²) in [6, 6.07) is 7.39. The van der Waals surface area contributed by atoms with E-state index in [1.807, 2.05) is 0 Å². The SMILES string of the molecule is C[C@H](NC1CCOc2ccc(Br)cc21)C1CCCCC1. The molecule has 0 spiro atoms. The molecule has 110 valence electrons. The highest BCUT2D eigenvalue weighted by Gasteiger charge is 2.26. The molecule has 0 bridgehead atoms. The van der Waals surface area contributed by atoms with Gasteiger partial charge in [-0.3, -0.25) is 0 Å². The molecule has 1 aromatic rings. The zero-order valence-electron chi connectivity index (χ0n) is 12.2. The molecule has 0 radical (unpaired) electrons. The van der Waals surface area contributed by atoms with Crippen LogP contribution in [-0.2, 0) is 0 Å². The van der Waals surface area contributed by atoms with Gasteiger partial charge in [-0.25, -0.2) is 0 Å². The Hall–Kier alpha value is -0.540. The Balaban J connectivity index is 1.70. The lowest BCUT2D eigenvalue weighted by Gasteiger charge is -2.34. The van der Waals surface area contributed by atoms with Gasteiger partial charge >= 0.3 is 0 Å². The van der Waals surface area contributed by atoms with Gasteiger partial charge < -0.3 is 10.1 Å². The van der Waals surface area contributed by atoms with E-state index in [-0.39, 0.29) is 0 Å². The number of hydrogen-bond donors (Lipinski definition) is 1. The van der Waals surface area contributed by atoms with E-state index in [9.17, 15) is 0 Å². The normalized spacial score (nSPS) is 24.8. The molecule has 1 fully saturated rings. The van der Waals surface area contributed by atoms with Crippen LogP contribution in [0.1, 0.15) is 57.1 Å². The van der Waals surface area contributed by atoms with Crippen molar-refractivity contribution in [2.75, 3.05) is 6.61 Å². The first kappa shape index (κ1) is 14.4. The van der Waals surface area contributed by atoms with Crippen molar-refractivity contribution >= 4 is 15.9 Å². The molecule has 0 amide bonds. The summed E-state index contributed by atoms with van der Waals surface area (Å²) in [6.45, 7) is 3.19. The topological polar surface area (TPSA) is 21.3 Å². The third-order valence-electron chi connectivity index (χ3n) is 4.83. The number of nitrogens with one attached hydrogen (secondary N) is 1. The summed E-state index contributed by atoms with van der Waals surface area (Å²) in [6.07, 6.45) is 8.10. The lowest BCUT2D eigenvalue weighted by Crippen LogP contribution is -2.39. The fourth-order valence-electron chi connectivity index (χ4n) is 3.63. The van der Waals surface area contributed by atoms with Gasteiger partial charge in [0.2, 0.25) is 0 Å². The minimum absolute atomic E-state index is 0.438. The summed E-state index contributed by atoms with van der Waals surface area (Å²) in [7, 11) is 0. The molecule has 2 nitrogen and oxygen atoms in total. The molecule has 3 rings (SSSR count). The zero-order valence-corrected chi connectivity index (χ0v) is 13.8. The molecule has 2 aliphatic rings. The zero-order chi connectivity index (χ0) is 13.9. The first-order valence-corrected chi connectivity index (χ1v) is 8.71. The molecular formula is C17H24BrNO. The molecule has 1 aliphatic heterocycles. The van der Waals surface area contributed by atoms with Gasteiger partial charge in [0, 0.05) is 28.5 Å². The Bertz CT molecular complexity index is 456. The fourth-order valence-corrected chi connectivity index (χ4v) is 4.00. The molecule has 0 aromatic heterocycles. The molecule has 3 heteroatoms. The molecule has 20 heavy (non-hydrogen) atoms. The number of halogens is 1. The van der Waals surface area contributed by atoms with Crippen molar-refractivity contribution in [3.05, 3.63) is 28.2 Å². The van der Waals surface area contributed by atoms with Crippen LogP contribution in [-0.4, -0.2) is 12.6 Å². The van der Waals surface area contributed by atoms with Gasteiger partial charge in [-0.05, 0) is 43.9 Å². The maximum atomic E-state index is 5.77. The lowest BCUT2D eigenvalue weighted by atomic mass is 9.84. The quantitative estimate of drug-likeness (QED) is 0.852. The molecule has 1 heterocycles. The lowest BCUT2D eigenvalue weighted by molar-refractivity contribution is 0.216. The second-order valence-electron chi connectivity index (χ2n) is 6.23. The minimum Gasteiger partial charge on any atom is -0.493 e. The molecule has 1 aromatic carbocycles. The van der Waals surface area contributed by atoms with Gasteiger partial charge in [0.05, 0.1) is 6.61 Å². The van der Waals surface area contributed by atoms with Crippen molar-refractivity contribution in [1.29, 1.82) is 0 Å². The van der Waals surface area contributed by atoms with Crippen LogP contribution in [0, 0.1) is 5.92 Å². The van der Waals surface area contributed by atoms with Gasteiger partial charge in [-0.15, -0.1) is 0 Å². The highest BCUT2D eigenvalue weighted by atomic mass is 79.9. The van der Waals surface area contributed by atoms with Gasteiger partial charge in [0.15, 0.2) is 0 Å². The van der Waals surface area contributed by atoms with Gasteiger partial charge in [-0.1, -0.05) is 35.2 Å². The number of hydrogen-bond acceptors (Lipinski definition) is 2. The first-order valence-electron chi connectivity index (χ1n) is 7.92. The average molecular weight is 338 g/mol. The largest absolute Gasteiger partial charge is 0.493 e. The van der Waals surface area contributed by atoms with Crippen molar-refractivity contribution in [2.45, 2.75) is 57.5 Å². The summed E-state index contributed by atoms with van der Waals surface area (Å²) in [5.74, 6) is 1.90. The van der Waals surface area contributed by atoms with E-state index < -0.39 is 0 Å². The Labute approximate surface area is 130 Å². The molecule has 2 atom stereocenters. The molecule has 1 saturated carbocycles. The van der Waals surface area contributed by atoms with Crippen LogP contribution in [0.4, 0.5) is 0 Å². The van der Waals surface area contributed by atoms with E-state index >= 15 is 0 Å². The Morgan fingerprint density at radius 3 is 2.80 bits per heavy atom. The van der Waals surface area contributed by atoms with E-state index in [1.54, 1.807) is 0 Å². The van der Waals surface area contributed by atoms with Crippen LogP contribution in [0.5, 0.6) is 5.75 Å². The van der Waals surface area contributed by atoms with E-state index in [2.05, 4.69) is 46.4 Å². The van der Waals surface area contributed by atoms with Crippen LogP contribution in [0.25, 0.3) is 0 Å². The Kier molecular flexibility index (Phi) is 4.67. The smallest absolute Gasteiger partial charge is 0.124 e. The number of ether oxygens (including phenoxy) is 1. The molecule has 1 aliphatic carbocycles. The second kappa shape index (κ2) is 6.48. The van der Waals surface area contributed by atoms with Crippen molar-refractivity contribution in [2.24, 2.45) is 5.92 Å². The third-order valence-corrected chi connectivity index (χ3v) is 5.33. The molecule has 0 saturated heterocycles. The molecule has 1 unspecified atom stereocenters. The van der Waals surface area contributed by atoms with Crippen molar-refractivity contribution in [3.63, 3.8) is 0 Å². The predicted octanol–water partition coefficient (Wildman–Crippen LogP) is 4.83. The van der Waals surface area contributed by atoms with Crippen LogP contribution >= 0.6 is 15.9 Å². The molecular weight excluding hydrogens is 314 g/mol. The van der Waals surface area contributed by atoms with Crippen molar-refractivity contribution in [3.8, 4) is 5.75 Å². The summed E-state index contributed by atoms with van der Waals surface area (Å²) >= 11 is 3.58. The van der Waals surface area contributed by atoms with Crippen LogP contribution in [0.2, 0.25) is 0 Å².